The van der Waals surface area contributed by atoms with Crippen molar-refractivity contribution in [3.05, 3.63) is 12.2 Å². The van der Waals surface area contributed by atoms with Crippen molar-refractivity contribution in [2.45, 2.75) is 53.1 Å². The molecule has 2 atom stereocenters. The summed E-state index contributed by atoms with van der Waals surface area (Å²) in [5.41, 5.74) is 1.08. The number of carbonyl (C=O) groups excluding carboxylic acids is 1. The van der Waals surface area contributed by atoms with Crippen molar-refractivity contribution in [3.63, 3.8) is 0 Å². The molecule has 2 nitrogen and oxygen atoms in total. The Hall–Kier alpha value is -0.630. The minimum absolute atomic E-state index is 0.285. The number of aliphatic hydroxyl groups is 1. The fourth-order valence-electron chi connectivity index (χ4n) is 1.74. The smallest absolute Gasteiger partial charge is 0.120 e. The number of aliphatic hydroxyl groups excluding tert-OH is 1. The molecule has 0 heterocycles. The quantitative estimate of drug-likeness (QED) is 0.510. The molecule has 0 aliphatic heterocycles. The summed E-state index contributed by atoms with van der Waals surface area (Å²) in [5.74, 6) is 1.14. The number of carbonyl (C=O) groups is 1. The average molecular weight is 226 g/mol. The molecule has 0 fully saturated rings. The van der Waals surface area contributed by atoms with Gasteiger partial charge in [0, 0.05) is 6.42 Å². The summed E-state index contributed by atoms with van der Waals surface area (Å²) in [7, 11) is 0. The van der Waals surface area contributed by atoms with Crippen molar-refractivity contribution >= 4 is 6.29 Å². The van der Waals surface area contributed by atoms with Crippen molar-refractivity contribution < 1.29 is 9.90 Å². The van der Waals surface area contributed by atoms with Crippen LogP contribution >= 0.6 is 0 Å². The van der Waals surface area contributed by atoms with Gasteiger partial charge >= 0.3 is 0 Å². The Morgan fingerprint density at radius 3 is 2.25 bits per heavy atom. The van der Waals surface area contributed by atoms with Gasteiger partial charge in [-0.05, 0) is 30.6 Å². The molecule has 0 aromatic heterocycles. The molecule has 0 aliphatic carbocycles. The van der Waals surface area contributed by atoms with Crippen molar-refractivity contribution in [1.82, 2.24) is 0 Å². The Morgan fingerprint density at radius 2 is 1.88 bits per heavy atom. The van der Waals surface area contributed by atoms with Crippen LogP contribution in [-0.2, 0) is 4.79 Å². The van der Waals surface area contributed by atoms with Crippen molar-refractivity contribution in [1.29, 1.82) is 0 Å². The first-order chi connectivity index (χ1) is 7.38. The van der Waals surface area contributed by atoms with Gasteiger partial charge in [-0.15, -0.1) is 0 Å². The molecule has 16 heavy (non-hydrogen) atoms. The van der Waals surface area contributed by atoms with E-state index in [2.05, 4.69) is 34.3 Å². The summed E-state index contributed by atoms with van der Waals surface area (Å²) in [6.07, 6.45) is 2.49. The molecule has 0 saturated heterocycles. The number of hydrogen-bond donors (Lipinski definition) is 1. The van der Waals surface area contributed by atoms with Crippen LogP contribution in [0.15, 0.2) is 12.2 Å². The van der Waals surface area contributed by atoms with E-state index in [4.69, 9.17) is 0 Å². The van der Waals surface area contributed by atoms with E-state index in [1.54, 1.807) is 0 Å². The first-order valence-corrected chi connectivity index (χ1v) is 6.17. The topological polar surface area (TPSA) is 37.3 Å². The molecule has 0 unspecified atom stereocenters. The molecule has 0 radical (unpaired) electrons. The molecule has 0 rings (SSSR count). The molecular formula is C14H26O2. The van der Waals surface area contributed by atoms with Gasteiger partial charge in [-0.3, -0.25) is 0 Å². The molecule has 0 amide bonds. The van der Waals surface area contributed by atoms with E-state index in [0.29, 0.717) is 31.1 Å². The molecule has 0 aromatic carbocycles. The fraction of sp³-hybridized carbons (Fsp3) is 0.786. The molecule has 2 heteroatoms. The van der Waals surface area contributed by atoms with Crippen LogP contribution in [0.1, 0.15) is 47.0 Å². The molecule has 94 valence electrons. The monoisotopic (exact) mass is 226 g/mol. The van der Waals surface area contributed by atoms with Gasteiger partial charge < -0.3 is 9.90 Å². The maximum absolute atomic E-state index is 10.5. The van der Waals surface area contributed by atoms with E-state index < -0.39 is 0 Å². The zero-order valence-electron chi connectivity index (χ0n) is 11.1. The molecule has 0 aromatic rings. The van der Waals surface area contributed by atoms with Crippen molar-refractivity contribution in [3.8, 4) is 0 Å². The third kappa shape index (κ3) is 6.06. The summed E-state index contributed by atoms with van der Waals surface area (Å²) in [6.45, 7) is 12.3. The molecule has 1 N–H and O–H groups in total. The summed E-state index contributed by atoms with van der Waals surface area (Å²) < 4.78 is 0. The second-order valence-electron chi connectivity index (χ2n) is 5.31. The van der Waals surface area contributed by atoms with Crippen LogP contribution in [0.5, 0.6) is 0 Å². The first kappa shape index (κ1) is 15.4. The van der Waals surface area contributed by atoms with Gasteiger partial charge in [0.2, 0.25) is 0 Å². The first-order valence-electron chi connectivity index (χ1n) is 6.17. The van der Waals surface area contributed by atoms with Gasteiger partial charge in [0.05, 0.1) is 6.10 Å². The molecule has 0 bridgehead atoms. The zero-order chi connectivity index (χ0) is 12.7. The fourth-order valence-corrected chi connectivity index (χ4v) is 1.74. The number of aldehydes is 1. The van der Waals surface area contributed by atoms with Crippen molar-refractivity contribution in [2.75, 3.05) is 0 Å². The van der Waals surface area contributed by atoms with Gasteiger partial charge in [-0.1, -0.05) is 39.8 Å². The predicted octanol–water partition coefficient (Wildman–Crippen LogP) is 3.20. The second-order valence-corrected chi connectivity index (χ2v) is 5.31. The minimum Gasteiger partial charge on any atom is -0.393 e. The van der Waals surface area contributed by atoms with E-state index in [0.717, 1.165) is 11.9 Å². The predicted molar refractivity (Wildman–Crippen MR) is 68.2 cm³/mol. The Bertz CT molecular complexity index is 219. The van der Waals surface area contributed by atoms with Crippen LogP contribution in [0.4, 0.5) is 0 Å². The highest BCUT2D eigenvalue weighted by molar-refractivity contribution is 5.49. The highest BCUT2D eigenvalue weighted by Crippen LogP contribution is 2.24. The Morgan fingerprint density at radius 1 is 1.31 bits per heavy atom. The Labute approximate surface area is 99.7 Å². The van der Waals surface area contributed by atoms with Crippen LogP contribution in [0.25, 0.3) is 0 Å². The van der Waals surface area contributed by atoms with E-state index in [9.17, 15) is 9.90 Å². The maximum Gasteiger partial charge on any atom is 0.120 e. The Kier molecular flexibility index (Phi) is 7.31. The normalized spacial score (nSPS) is 15.2. The highest BCUT2D eigenvalue weighted by Gasteiger charge is 2.18. The van der Waals surface area contributed by atoms with Crippen LogP contribution < -0.4 is 0 Å². The second kappa shape index (κ2) is 7.61. The molecular weight excluding hydrogens is 200 g/mol. The lowest BCUT2D eigenvalue weighted by Gasteiger charge is -2.23. The summed E-state index contributed by atoms with van der Waals surface area (Å²) in [6, 6.07) is 0. The van der Waals surface area contributed by atoms with Gasteiger partial charge in [-0.25, -0.2) is 0 Å². The summed E-state index contributed by atoms with van der Waals surface area (Å²) in [5, 5.41) is 9.94. The summed E-state index contributed by atoms with van der Waals surface area (Å²) >= 11 is 0. The minimum atomic E-state index is -0.359. The lowest BCUT2D eigenvalue weighted by molar-refractivity contribution is -0.109. The van der Waals surface area contributed by atoms with E-state index >= 15 is 0 Å². The third-order valence-corrected chi connectivity index (χ3v) is 3.23. The SMILES string of the molecule is C=C(C[C@@H](O)C[C@@H](CC=O)C(C)C)C(C)C. The molecule has 0 spiro atoms. The lowest BCUT2D eigenvalue weighted by atomic mass is 9.85. The van der Waals surface area contributed by atoms with E-state index in [1.807, 2.05) is 0 Å². The van der Waals surface area contributed by atoms with Gasteiger partial charge in [0.25, 0.3) is 0 Å². The maximum atomic E-state index is 10.5. The Balaban J connectivity index is 4.13. The van der Waals surface area contributed by atoms with Gasteiger partial charge in [0.15, 0.2) is 0 Å². The van der Waals surface area contributed by atoms with Crippen LogP contribution in [0.3, 0.4) is 0 Å². The summed E-state index contributed by atoms with van der Waals surface area (Å²) in [4.78, 5) is 10.5. The zero-order valence-corrected chi connectivity index (χ0v) is 11.1. The van der Waals surface area contributed by atoms with Crippen LogP contribution in [0, 0.1) is 17.8 Å². The average Bonchev–Trinajstić information content (AvgIpc) is 2.16. The third-order valence-electron chi connectivity index (χ3n) is 3.23. The molecule has 0 aliphatic rings. The van der Waals surface area contributed by atoms with Gasteiger partial charge in [0.1, 0.15) is 6.29 Å². The van der Waals surface area contributed by atoms with Crippen molar-refractivity contribution in [2.24, 2.45) is 17.8 Å². The molecule has 0 saturated carbocycles. The number of rotatable bonds is 8. The van der Waals surface area contributed by atoms with Crippen LogP contribution in [0.2, 0.25) is 0 Å². The van der Waals surface area contributed by atoms with Gasteiger partial charge in [-0.2, -0.15) is 0 Å². The largest absolute Gasteiger partial charge is 0.393 e. The number of hydrogen-bond acceptors (Lipinski definition) is 2. The standard InChI is InChI=1S/C14H26O2/c1-10(2)12(5)8-14(16)9-13(6-7-15)11(3)4/h7,10-11,13-14,16H,5-6,8-9H2,1-4H3/t13-,14-/m1/s1. The van der Waals surface area contributed by atoms with E-state index in [-0.39, 0.29) is 12.0 Å². The lowest BCUT2D eigenvalue weighted by Crippen LogP contribution is -2.19. The van der Waals surface area contributed by atoms with E-state index in [1.165, 1.54) is 0 Å². The van der Waals surface area contributed by atoms with Crippen LogP contribution in [-0.4, -0.2) is 17.5 Å². The highest BCUT2D eigenvalue weighted by atomic mass is 16.3.